The third-order valence-electron chi connectivity index (χ3n) is 5.24. The molecule has 0 aliphatic heterocycles. The molecule has 0 atom stereocenters. The van der Waals surface area contributed by atoms with Gasteiger partial charge in [0.05, 0.1) is 33.4 Å². The molecular weight excluding hydrogens is 476 g/mol. The number of nitrogens with zero attached hydrogens (tertiary/aromatic N) is 4. The number of hydrogen-bond acceptors (Lipinski definition) is 6. The molecule has 36 heavy (non-hydrogen) atoms. The first-order valence-electron chi connectivity index (χ1n) is 10.4. The van der Waals surface area contributed by atoms with Gasteiger partial charge in [0, 0.05) is 35.7 Å². The average Bonchev–Trinajstić information content (AvgIpc) is 2.85. The quantitative estimate of drug-likeness (QED) is 0.177. The van der Waals surface area contributed by atoms with Crippen LogP contribution in [-0.4, -0.2) is 32.6 Å². The zero-order valence-corrected chi connectivity index (χ0v) is 18.1. The van der Waals surface area contributed by atoms with E-state index in [0.29, 0.717) is 34.2 Å². The highest BCUT2D eigenvalue weighted by molar-refractivity contribution is 5.95. The molecule has 1 aromatic heterocycles. The predicted molar refractivity (Wildman–Crippen MR) is 128 cm³/mol. The van der Waals surface area contributed by atoms with Crippen LogP contribution in [-0.2, 0) is 0 Å². The zero-order chi connectivity index (χ0) is 25.4. The fourth-order valence-corrected chi connectivity index (χ4v) is 3.50. The van der Waals surface area contributed by atoms with Gasteiger partial charge in [0.15, 0.2) is 23.1 Å². The van der Waals surface area contributed by atoms with Crippen LogP contribution in [0.25, 0.3) is 22.1 Å². The summed E-state index contributed by atoms with van der Waals surface area (Å²) in [5, 5.41) is 19.8. The Kier molecular flexibility index (Phi) is 5.77. The first-order valence-corrected chi connectivity index (χ1v) is 10.4. The molecule has 0 radical (unpaired) electrons. The van der Waals surface area contributed by atoms with E-state index >= 15 is 0 Å². The molecule has 0 saturated carbocycles. The summed E-state index contributed by atoms with van der Waals surface area (Å²) in [7, 11) is 0. The summed E-state index contributed by atoms with van der Waals surface area (Å²) in [5.74, 6) is -5.73. The van der Waals surface area contributed by atoms with Crippen LogP contribution < -0.4 is 0 Å². The van der Waals surface area contributed by atoms with Gasteiger partial charge < -0.3 is 10.2 Å². The largest absolute Gasteiger partial charge is 0.504 e. The lowest BCUT2D eigenvalue weighted by atomic mass is 10.1. The number of para-hydroxylation sites is 2. The van der Waals surface area contributed by atoms with E-state index in [0.717, 1.165) is 24.6 Å². The van der Waals surface area contributed by atoms with E-state index < -0.39 is 34.8 Å². The van der Waals surface area contributed by atoms with E-state index in [1.165, 1.54) is 12.1 Å². The number of benzene rings is 4. The second-order valence-corrected chi connectivity index (χ2v) is 7.71. The second kappa shape index (κ2) is 9.06. The minimum Gasteiger partial charge on any atom is -0.504 e. The number of phenolic OH excluding ortho intramolecular Hbond substituents is 2. The number of aromatic hydroxyl groups is 2. The molecule has 10 heteroatoms. The van der Waals surface area contributed by atoms with Crippen molar-refractivity contribution in [1.29, 1.82) is 0 Å². The van der Waals surface area contributed by atoms with Gasteiger partial charge in [-0.05, 0) is 36.4 Å². The standard InChI is InChI=1S/C26H14F4N4O2/c27-15-5-13(25(35)17(29)7-15)11-31-21-9-23-24(34-20-4-2-1-3-19(20)33-23)10-22(21)32-12-14-6-16(28)8-18(30)26(14)36/h1-12,35-36H. The molecule has 5 aromatic rings. The van der Waals surface area contributed by atoms with Crippen LogP contribution in [0, 0.1) is 23.3 Å². The maximum Gasteiger partial charge on any atom is 0.168 e. The average molecular weight is 490 g/mol. The molecule has 0 amide bonds. The van der Waals surface area contributed by atoms with Gasteiger partial charge in [-0.1, -0.05) is 12.1 Å². The van der Waals surface area contributed by atoms with Crippen molar-refractivity contribution in [2.75, 3.05) is 0 Å². The van der Waals surface area contributed by atoms with Gasteiger partial charge in [-0.2, -0.15) is 0 Å². The van der Waals surface area contributed by atoms with Gasteiger partial charge in [-0.3, -0.25) is 9.98 Å². The molecule has 0 fully saturated rings. The highest BCUT2D eigenvalue weighted by atomic mass is 19.1. The summed E-state index contributed by atoms with van der Waals surface area (Å²) in [6.45, 7) is 0. The topological polar surface area (TPSA) is 91.0 Å². The number of halogens is 4. The molecule has 0 spiro atoms. The Morgan fingerprint density at radius 3 is 1.42 bits per heavy atom. The molecule has 0 aliphatic carbocycles. The van der Waals surface area contributed by atoms with Crippen molar-refractivity contribution in [1.82, 2.24) is 9.97 Å². The summed E-state index contributed by atoms with van der Waals surface area (Å²) >= 11 is 0. The number of hydrogen-bond donors (Lipinski definition) is 2. The van der Waals surface area contributed by atoms with Crippen molar-refractivity contribution in [3.05, 3.63) is 95.1 Å². The third-order valence-corrected chi connectivity index (χ3v) is 5.24. The lowest BCUT2D eigenvalue weighted by Crippen LogP contribution is -1.91. The molecule has 0 saturated heterocycles. The number of fused-ring (bicyclic) bond motifs is 2. The van der Waals surface area contributed by atoms with Gasteiger partial charge in [0.2, 0.25) is 0 Å². The minimum atomic E-state index is -1.16. The van der Waals surface area contributed by atoms with E-state index in [4.69, 9.17) is 0 Å². The lowest BCUT2D eigenvalue weighted by molar-refractivity contribution is 0.427. The maximum absolute atomic E-state index is 13.7. The Balaban J connectivity index is 1.67. The molecule has 2 N–H and O–H groups in total. The monoisotopic (exact) mass is 490 g/mol. The van der Waals surface area contributed by atoms with Gasteiger partial charge >= 0.3 is 0 Å². The third kappa shape index (κ3) is 4.43. The predicted octanol–water partition coefficient (Wildman–Crippen LogP) is 6.25. The normalized spacial score (nSPS) is 11.9. The summed E-state index contributed by atoms with van der Waals surface area (Å²) in [6.07, 6.45) is 2.07. The van der Waals surface area contributed by atoms with Gasteiger partial charge in [0.25, 0.3) is 0 Å². The highest BCUT2D eigenvalue weighted by Gasteiger charge is 2.12. The molecular formula is C26H14F4N4O2. The van der Waals surface area contributed by atoms with E-state index in [9.17, 15) is 27.8 Å². The molecule has 5 rings (SSSR count). The highest BCUT2D eigenvalue weighted by Crippen LogP contribution is 2.34. The minimum absolute atomic E-state index is 0.142. The number of aliphatic imine (C=N–C) groups is 2. The molecule has 6 nitrogen and oxygen atoms in total. The molecule has 0 bridgehead atoms. The van der Waals surface area contributed by atoms with Crippen molar-refractivity contribution in [2.45, 2.75) is 0 Å². The molecule has 0 unspecified atom stereocenters. The van der Waals surface area contributed by atoms with Gasteiger partial charge in [0.1, 0.15) is 11.6 Å². The van der Waals surface area contributed by atoms with E-state index in [1.807, 2.05) is 0 Å². The Morgan fingerprint density at radius 2 is 1.00 bits per heavy atom. The molecule has 4 aromatic carbocycles. The van der Waals surface area contributed by atoms with E-state index in [-0.39, 0.29) is 22.5 Å². The second-order valence-electron chi connectivity index (χ2n) is 7.71. The van der Waals surface area contributed by atoms with Crippen LogP contribution >= 0.6 is 0 Å². The Bertz CT molecular complexity index is 1600. The van der Waals surface area contributed by atoms with Gasteiger partial charge in [-0.15, -0.1) is 0 Å². The van der Waals surface area contributed by atoms with Crippen LogP contribution in [0.15, 0.2) is 70.6 Å². The van der Waals surface area contributed by atoms with Crippen LogP contribution in [0.1, 0.15) is 11.1 Å². The summed E-state index contributed by atoms with van der Waals surface area (Å²) in [5.41, 5.74) is 1.91. The van der Waals surface area contributed by atoms with Gasteiger partial charge in [-0.25, -0.2) is 27.5 Å². The van der Waals surface area contributed by atoms with Crippen molar-refractivity contribution < 1.29 is 27.8 Å². The number of aromatic nitrogens is 2. The summed E-state index contributed by atoms with van der Waals surface area (Å²) in [4.78, 5) is 17.5. The SMILES string of the molecule is Oc1c(F)cc(F)cc1C=Nc1cc2nc3ccccc3nc2cc1N=Cc1cc(F)cc(F)c1O. The molecule has 1 heterocycles. The number of phenols is 2. The first-order chi connectivity index (χ1) is 17.3. The molecule has 178 valence electrons. The maximum atomic E-state index is 13.7. The van der Waals surface area contributed by atoms with Crippen LogP contribution in [0.3, 0.4) is 0 Å². The van der Waals surface area contributed by atoms with E-state index in [2.05, 4.69) is 20.0 Å². The summed E-state index contributed by atoms with van der Waals surface area (Å²) < 4.78 is 54.8. The van der Waals surface area contributed by atoms with Crippen molar-refractivity contribution in [3.8, 4) is 11.5 Å². The van der Waals surface area contributed by atoms with Crippen LogP contribution in [0.2, 0.25) is 0 Å². The fraction of sp³-hybridized carbons (Fsp3) is 0. The smallest absolute Gasteiger partial charge is 0.168 e. The van der Waals surface area contributed by atoms with Crippen molar-refractivity contribution in [2.24, 2.45) is 9.98 Å². The molecule has 0 aliphatic rings. The van der Waals surface area contributed by atoms with Crippen molar-refractivity contribution >= 4 is 45.9 Å². The van der Waals surface area contributed by atoms with Crippen LogP contribution in [0.4, 0.5) is 28.9 Å². The van der Waals surface area contributed by atoms with Crippen molar-refractivity contribution in [3.63, 3.8) is 0 Å². The fourth-order valence-electron chi connectivity index (χ4n) is 3.50. The Labute approximate surface area is 200 Å². The van der Waals surface area contributed by atoms with E-state index in [1.54, 1.807) is 24.3 Å². The first kappa shape index (κ1) is 22.9. The Morgan fingerprint density at radius 1 is 0.583 bits per heavy atom. The lowest BCUT2D eigenvalue weighted by Gasteiger charge is -2.06. The Hall–Kier alpha value is -4.86. The summed E-state index contributed by atoms with van der Waals surface area (Å²) in [6, 6.07) is 13.0. The zero-order valence-electron chi connectivity index (χ0n) is 18.1. The van der Waals surface area contributed by atoms with Crippen LogP contribution in [0.5, 0.6) is 11.5 Å². The number of rotatable bonds is 4.